The molecule has 138 valence electrons. The quantitative estimate of drug-likeness (QED) is 0.840. The van der Waals surface area contributed by atoms with Gasteiger partial charge in [0.25, 0.3) is 0 Å². The van der Waals surface area contributed by atoms with E-state index in [-0.39, 0.29) is 11.4 Å². The number of amides is 2. The van der Waals surface area contributed by atoms with Crippen molar-refractivity contribution < 1.29 is 14.3 Å². The van der Waals surface area contributed by atoms with E-state index < -0.39 is 0 Å². The Morgan fingerprint density at radius 2 is 2.20 bits per heavy atom. The van der Waals surface area contributed by atoms with E-state index in [0.717, 1.165) is 32.7 Å². The van der Waals surface area contributed by atoms with E-state index in [9.17, 15) is 4.79 Å². The average molecular weight is 348 g/mol. The Balaban J connectivity index is 1.73. The maximum Gasteiger partial charge on any atom is 0.321 e. The van der Waals surface area contributed by atoms with Gasteiger partial charge in [0, 0.05) is 44.2 Å². The van der Waals surface area contributed by atoms with Crippen molar-refractivity contribution in [2.24, 2.45) is 11.3 Å². The number of carbonyl (C=O) groups is 1. The minimum absolute atomic E-state index is 0.0842. The molecule has 7 heteroatoms. The first-order valence-corrected chi connectivity index (χ1v) is 8.61. The molecule has 2 atom stereocenters. The first-order chi connectivity index (χ1) is 12.0. The van der Waals surface area contributed by atoms with Gasteiger partial charge < -0.3 is 29.9 Å². The molecule has 0 spiro atoms. The topological polar surface area (TPSA) is 66.1 Å². The van der Waals surface area contributed by atoms with Crippen LogP contribution in [0.25, 0.3) is 0 Å². The summed E-state index contributed by atoms with van der Waals surface area (Å²) >= 11 is 0. The van der Waals surface area contributed by atoms with Gasteiger partial charge in [-0.25, -0.2) is 4.79 Å². The van der Waals surface area contributed by atoms with Crippen molar-refractivity contribution in [3.05, 3.63) is 18.2 Å². The number of ether oxygens (including phenoxy) is 2. The lowest BCUT2D eigenvalue weighted by atomic mass is 9.80. The van der Waals surface area contributed by atoms with Crippen LogP contribution in [-0.2, 0) is 0 Å². The Hall–Kier alpha value is -1.99. The van der Waals surface area contributed by atoms with Crippen LogP contribution in [0, 0.1) is 11.3 Å². The van der Waals surface area contributed by atoms with Gasteiger partial charge in [0.05, 0.1) is 19.9 Å². The van der Waals surface area contributed by atoms with Crippen molar-refractivity contribution >= 4 is 11.7 Å². The van der Waals surface area contributed by atoms with E-state index in [2.05, 4.69) is 29.6 Å². The highest BCUT2D eigenvalue weighted by molar-refractivity contribution is 5.91. The molecule has 0 saturated carbocycles. The highest BCUT2D eigenvalue weighted by Gasteiger charge is 2.50. The Morgan fingerprint density at radius 1 is 1.40 bits per heavy atom. The number of carbonyl (C=O) groups excluding carboxylic acids is 1. The summed E-state index contributed by atoms with van der Waals surface area (Å²) in [4.78, 5) is 17.0. The second kappa shape index (κ2) is 7.09. The third-order valence-electron chi connectivity index (χ3n) is 5.25. The molecule has 2 heterocycles. The highest BCUT2D eigenvalue weighted by Crippen LogP contribution is 2.40. The van der Waals surface area contributed by atoms with E-state index in [4.69, 9.17) is 9.47 Å². The fourth-order valence-corrected chi connectivity index (χ4v) is 4.14. The summed E-state index contributed by atoms with van der Waals surface area (Å²) in [7, 11) is 7.38. The molecule has 0 aliphatic carbocycles. The smallest absolute Gasteiger partial charge is 0.321 e. The zero-order chi connectivity index (χ0) is 18.0. The number of rotatable bonds is 5. The first-order valence-electron chi connectivity index (χ1n) is 8.61. The van der Waals surface area contributed by atoms with Crippen LogP contribution < -0.4 is 20.1 Å². The first kappa shape index (κ1) is 17.8. The standard InChI is InChI=1S/C18H28N4O3/c1-21(2)11-18-10-19-8-13(18)9-22(12-18)17(23)20-15-7-14(24-3)5-6-16(15)25-4/h5-7,13,19H,8-12H2,1-4H3,(H,20,23). The molecule has 0 radical (unpaired) electrons. The van der Waals surface area contributed by atoms with Gasteiger partial charge in [-0.15, -0.1) is 0 Å². The lowest BCUT2D eigenvalue weighted by molar-refractivity contribution is 0.186. The normalized spacial score (nSPS) is 25.2. The highest BCUT2D eigenvalue weighted by atomic mass is 16.5. The van der Waals surface area contributed by atoms with E-state index in [0.29, 0.717) is 23.1 Å². The third-order valence-corrected chi connectivity index (χ3v) is 5.25. The van der Waals surface area contributed by atoms with Gasteiger partial charge in [-0.3, -0.25) is 0 Å². The second-order valence-electron chi connectivity index (χ2n) is 7.30. The molecule has 1 aromatic rings. The number of likely N-dealkylation sites (tertiary alicyclic amines) is 1. The lowest BCUT2D eigenvalue weighted by Gasteiger charge is -2.31. The van der Waals surface area contributed by atoms with Gasteiger partial charge in [0.15, 0.2) is 0 Å². The number of benzene rings is 1. The Kier molecular flexibility index (Phi) is 5.06. The molecule has 0 aromatic heterocycles. The number of hydrogen-bond acceptors (Lipinski definition) is 5. The SMILES string of the molecule is COc1ccc(OC)c(NC(=O)N2CC3CNCC3(CN(C)C)C2)c1. The van der Waals surface area contributed by atoms with Crippen LogP contribution in [0.1, 0.15) is 0 Å². The zero-order valence-corrected chi connectivity index (χ0v) is 15.5. The maximum absolute atomic E-state index is 12.8. The van der Waals surface area contributed by atoms with Gasteiger partial charge in [-0.2, -0.15) is 0 Å². The molecule has 2 N–H and O–H groups in total. The van der Waals surface area contributed by atoms with Crippen molar-refractivity contribution in [2.45, 2.75) is 0 Å². The average Bonchev–Trinajstić information content (AvgIpc) is 3.10. The number of methoxy groups -OCH3 is 2. The molecule has 2 unspecified atom stereocenters. The van der Waals surface area contributed by atoms with Gasteiger partial charge in [-0.1, -0.05) is 0 Å². The molecular formula is C18H28N4O3. The van der Waals surface area contributed by atoms with Gasteiger partial charge in [0.1, 0.15) is 11.5 Å². The summed E-state index contributed by atoms with van der Waals surface area (Å²) in [5.41, 5.74) is 0.767. The minimum Gasteiger partial charge on any atom is -0.497 e. The molecule has 3 rings (SSSR count). The van der Waals surface area contributed by atoms with Crippen molar-refractivity contribution in [1.29, 1.82) is 0 Å². The number of nitrogens with one attached hydrogen (secondary N) is 2. The van der Waals surface area contributed by atoms with Crippen molar-refractivity contribution in [3.63, 3.8) is 0 Å². The minimum atomic E-state index is -0.0842. The Morgan fingerprint density at radius 3 is 2.88 bits per heavy atom. The van der Waals surface area contributed by atoms with Crippen LogP contribution >= 0.6 is 0 Å². The molecule has 2 aliphatic rings. The molecule has 2 fully saturated rings. The maximum atomic E-state index is 12.8. The molecule has 1 aromatic carbocycles. The van der Waals surface area contributed by atoms with Crippen LogP contribution in [0.2, 0.25) is 0 Å². The summed E-state index contributed by atoms with van der Waals surface area (Å²) < 4.78 is 10.6. The Bertz CT molecular complexity index is 637. The molecule has 7 nitrogen and oxygen atoms in total. The molecule has 2 aliphatic heterocycles. The largest absolute Gasteiger partial charge is 0.497 e. The number of anilines is 1. The van der Waals surface area contributed by atoms with Crippen LogP contribution in [0.4, 0.5) is 10.5 Å². The molecule has 2 amide bonds. The van der Waals surface area contributed by atoms with Crippen LogP contribution in [0.3, 0.4) is 0 Å². The lowest BCUT2D eigenvalue weighted by Crippen LogP contribution is -2.43. The molecule has 0 bridgehead atoms. The zero-order valence-electron chi connectivity index (χ0n) is 15.5. The van der Waals surface area contributed by atoms with E-state index in [1.165, 1.54) is 0 Å². The fraction of sp³-hybridized carbons (Fsp3) is 0.611. The fourth-order valence-electron chi connectivity index (χ4n) is 4.14. The summed E-state index contributed by atoms with van der Waals surface area (Å²) in [5.74, 6) is 1.80. The monoisotopic (exact) mass is 348 g/mol. The summed E-state index contributed by atoms with van der Waals surface area (Å²) in [6, 6.07) is 5.31. The molecule has 2 saturated heterocycles. The van der Waals surface area contributed by atoms with Crippen molar-refractivity contribution in [1.82, 2.24) is 15.1 Å². The summed E-state index contributed by atoms with van der Waals surface area (Å²) in [6.45, 7) is 4.46. The summed E-state index contributed by atoms with van der Waals surface area (Å²) in [5, 5.41) is 6.48. The number of fused-ring (bicyclic) bond motifs is 1. The number of hydrogen-bond donors (Lipinski definition) is 2. The number of urea groups is 1. The van der Waals surface area contributed by atoms with Gasteiger partial charge >= 0.3 is 6.03 Å². The van der Waals surface area contributed by atoms with E-state index >= 15 is 0 Å². The van der Waals surface area contributed by atoms with E-state index in [1.807, 2.05) is 11.0 Å². The molecule has 25 heavy (non-hydrogen) atoms. The number of nitrogens with zero attached hydrogens (tertiary/aromatic N) is 2. The second-order valence-corrected chi connectivity index (χ2v) is 7.30. The van der Waals surface area contributed by atoms with Gasteiger partial charge in [0.2, 0.25) is 0 Å². The van der Waals surface area contributed by atoms with E-state index in [1.54, 1.807) is 26.4 Å². The van der Waals surface area contributed by atoms with Crippen LogP contribution in [0.5, 0.6) is 11.5 Å². The predicted octanol–water partition coefficient (Wildman–Crippen LogP) is 1.32. The Labute approximate surface area is 149 Å². The predicted molar refractivity (Wildman–Crippen MR) is 97.5 cm³/mol. The van der Waals surface area contributed by atoms with Crippen LogP contribution in [0.15, 0.2) is 18.2 Å². The summed E-state index contributed by atoms with van der Waals surface area (Å²) in [6.07, 6.45) is 0. The van der Waals surface area contributed by atoms with Crippen molar-refractivity contribution in [3.8, 4) is 11.5 Å². The van der Waals surface area contributed by atoms with Gasteiger partial charge in [-0.05, 0) is 32.1 Å². The van der Waals surface area contributed by atoms with Crippen LogP contribution in [-0.4, -0.2) is 76.9 Å². The molecular weight excluding hydrogens is 320 g/mol. The third kappa shape index (κ3) is 3.52. The van der Waals surface area contributed by atoms with Crippen molar-refractivity contribution in [2.75, 3.05) is 66.4 Å².